The zero-order chi connectivity index (χ0) is 12.5. The standard InChI is InChI=1S/C13H26N2O2/c1-10-7-15(8-11(2)17-10)12-4-5-13(6-12,9-16)14-3/h10-12,14,16H,4-9H2,1-3H3/t10-,11+,12?,13?. The van der Waals surface area contributed by atoms with Crippen LogP contribution in [-0.2, 0) is 4.74 Å². The van der Waals surface area contributed by atoms with Crippen molar-refractivity contribution in [2.45, 2.75) is 56.9 Å². The van der Waals surface area contributed by atoms with Crippen molar-refractivity contribution in [3.63, 3.8) is 0 Å². The largest absolute Gasteiger partial charge is 0.394 e. The number of aliphatic hydroxyl groups excluding tert-OH is 1. The first-order chi connectivity index (χ1) is 8.08. The highest BCUT2D eigenvalue weighted by Crippen LogP contribution is 2.33. The Balaban J connectivity index is 1.95. The number of hydrogen-bond acceptors (Lipinski definition) is 4. The van der Waals surface area contributed by atoms with E-state index in [1.165, 1.54) is 6.42 Å². The first-order valence-electron chi connectivity index (χ1n) is 6.78. The molecule has 2 rings (SSSR count). The minimum atomic E-state index is -0.0462. The van der Waals surface area contributed by atoms with E-state index in [1.807, 2.05) is 7.05 Å². The van der Waals surface area contributed by atoms with E-state index in [1.54, 1.807) is 0 Å². The summed E-state index contributed by atoms with van der Waals surface area (Å²) in [6.07, 6.45) is 3.97. The van der Waals surface area contributed by atoms with Crippen molar-refractivity contribution in [2.75, 3.05) is 26.7 Å². The van der Waals surface area contributed by atoms with E-state index >= 15 is 0 Å². The number of morpholine rings is 1. The van der Waals surface area contributed by atoms with Crippen LogP contribution in [0, 0.1) is 0 Å². The average Bonchev–Trinajstić information content (AvgIpc) is 2.73. The van der Waals surface area contributed by atoms with E-state index in [4.69, 9.17) is 4.74 Å². The van der Waals surface area contributed by atoms with E-state index in [0.717, 1.165) is 25.9 Å². The molecule has 0 aromatic heterocycles. The fourth-order valence-electron chi connectivity index (χ4n) is 3.38. The molecule has 0 spiro atoms. The quantitative estimate of drug-likeness (QED) is 0.761. The maximum absolute atomic E-state index is 9.53. The molecule has 1 saturated carbocycles. The molecule has 2 fully saturated rings. The zero-order valence-corrected chi connectivity index (χ0v) is 11.3. The Hall–Kier alpha value is -0.160. The highest BCUT2D eigenvalue weighted by atomic mass is 16.5. The van der Waals surface area contributed by atoms with Gasteiger partial charge in [0.15, 0.2) is 0 Å². The van der Waals surface area contributed by atoms with Gasteiger partial charge in [0.2, 0.25) is 0 Å². The van der Waals surface area contributed by atoms with Gasteiger partial charge in [-0.15, -0.1) is 0 Å². The van der Waals surface area contributed by atoms with Crippen molar-refractivity contribution >= 4 is 0 Å². The molecule has 100 valence electrons. The predicted molar refractivity (Wildman–Crippen MR) is 68.1 cm³/mol. The number of rotatable bonds is 3. The van der Waals surface area contributed by atoms with Crippen molar-refractivity contribution in [3.8, 4) is 0 Å². The van der Waals surface area contributed by atoms with E-state index < -0.39 is 0 Å². The molecule has 4 atom stereocenters. The van der Waals surface area contributed by atoms with Gasteiger partial charge in [-0.25, -0.2) is 0 Å². The third-order valence-corrected chi connectivity index (χ3v) is 4.38. The molecule has 0 radical (unpaired) electrons. The molecule has 1 heterocycles. The van der Waals surface area contributed by atoms with Gasteiger partial charge in [-0.2, -0.15) is 0 Å². The summed E-state index contributed by atoms with van der Waals surface area (Å²) >= 11 is 0. The molecule has 1 saturated heterocycles. The van der Waals surface area contributed by atoms with Crippen LogP contribution < -0.4 is 5.32 Å². The van der Waals surface area contributed by atoms with Crippen LogP contribution in [0.1, 0.15) is 33.1 Å². The van der Waals surface area contributed by atoms with Gasteiger partial charge in [-0.3, -0.25) is 4.90 Å². The van der Waals surface area contributed by atoms with Gasteiger partial charge in [-0.1, -0.05) is 0 Å². The lowest BCUT2D eigenvalue weighted by Gasteiger charge is -2.39. The molecule has 0 aromatic rings. The molecule has 0 amide bonds. The van der Waals surface area contributed by atoms with E-state index in [2.05, 4.69) is 24.1 Å². The normalized spacial score (nSPS) is 44.1. The topological polar surface area (TPSA) is 44.7 Å². The second kappa shape index (κ2) is 5.22. The lowest BCUT2D eigenvalue weighted by atomic mass is 9.98. The second-order valence-electron chi connectivity index (χ2n) is 5.80. The van der Waals surface area contributed by atoms with Gasteiger partial charge in [0, 0.05) is 24.7 Å². The summed E-state index contributed by atoms with van der Waals surface area (Å²) in [5.41, 5.74) is -0.0462. The van der Waals surface area contributed by atoms with Crippen molar-refractivity contribution < 1.29 is 9.84 Å². The number of nitrogens with one attached hydrogen (secondary N) is 1. The molecule has 4 nitrogen and oxygen atoms in total. The Bertz CT molecular complexity index is 246. The SMILES string of the molecule is CNC1(CO)CCC(N2C[C@@H](C)O[C@@H](C)C2)C1. The lowest BCUT2D eigenvalue weighted by Crippen LogP contribution is -2.51. The second-order valence-corrected chi connectivity index (χ2v) is 5.80. The van der Waals surface area contributed by atoms with Crippen LogP contribution in [0.3, 0.4) is 0 Å². The summed E-state index contributed by atoms with van der Waals surface area (Å²) in [5.74, 6) is 0. The van der Waals surface area contributed by atoms with Crippen LogP contribution in [-0.4, -0.2) is 60.5 Å². The lowest BCUT2D eigenvalue weighted by molar-refractivity contribution is -0.0804. The van der Waals surface area contributed by atoms with Crippen LogP contribution >= 0.6 is 0 Å². The Labute approximate surface area is 104 Å². The Kier molecular flexibility index (Phi) is 4.08. The highest BCUT2D eigenvalue weighted by molar-refractivity contribution is 4.99. The van der Waals surface area contributed by atoms with Gasteiger partial charge < -0.3 is 15.2 Å². The van der Waals surface area contributed by atoms with Crippen molar-refractivity contribution in [1.82, 2.24) is 10.2 Å². The molecule has 1 aliphatic carbocycles. The van der Waals surface area contributed by atoms with Crippen molar-refractivity contribution in [1.29, 1.82) is 0 Å². The Morgan fingerprint density at radius 3 is 2.47 bits per heavy atom. The van der Waals surface area contributed by atoms with E-state index in [0.29, 0.717) is 18.2 Å². The Morgan fingerprint density at radius 2 is 2.00 bits per heavy atom. The maximum Gasteiger partial charge on any atom is 0.0678 e. The van der Waals surface area contributed by atoms with Crippen molar-refractivity contribution in [3.05, 3.63) is 0 Å². The summed E-state index contributed by atoms with van der Waals surface area (Å²) in [7, 11) is 1.96. The van der Waals surface area contributed by atoms with Gasteiger partial charge in [-0.05, 0) is 40.2 Å². The van der Waals surface area contributed by atoms with Gasteiger partial charge >= 0.3 is 0 Å². The fourth-order valence-corrected chi connectivity index (χ4v) is 3.38. The van der Waals surface area contributed by atoms with Gasteiger partial charge in [0.1, 0.15) is 0 Å². The average molecular weight is 242 g/mol. The Morgan fingerprint density at radius 1 is 1.35 bits per heavy atom. The number of nitrogens with zero attached hydrogens (tertiary/aromatic N) is 1. The summed E-state index contributed by atoms with van der Waals surface area (Å²) in [6.45, 7) is 6.60. The molecule has 17 heavy (non-hydrogen) atoms. The summed E-state index contributed by atoms with van der Waals surface area (Å²) in [6, 6.07) is 0.600. The fraction of sp³-hybridized carbons (Fsp3) is 1.00. The van der Waals surface area contributed by atoms with E-state index in [9.17, 15) is 5.11 Å². The van der Waals surface area contributed by atoms with E-state index in [-0.39, 0.29) is 12.1 Å². The van der Waals surface area contributed by atoms with Crippen LogP contribution in [0.15, 0.2) is 0 Å². The minimum Gasteiger partial charge on any atom is -0.394 e. The molecule has 0 aromatic carbocycles. The third kappa shape index (κ3) is 2.81. The van der Waals surface area contributed by atoms with Crippen LogP contribution in [0.2, 0.25) is 0 Å². The van der Waals surface area contributed by atoms with Gasteiger partial charge in [0.25, 0.3) is 0 Å². The monoisotopic (exact) mass is 242 g/mol. The van der Waals surface area contributed by atoms with Crippen LogP contribution in [0.4, 0.5) is 0 Å². The zero-order valence-electron chi connectivity index (χ0n) is 11.3. The molecule has 2 unspecified atom stereocenters. The number of likely N-dealkylation sites (N-methyl/N-ethyl adjacent to an activating group) is 1. The molecule has 1 aliphatic heterocycles. The first-order valence-corrected chi connectivity index (χ1v) is 6.78. The van der Waals surface area contributed by atoms with Crippen LogP contribution in [0.5, 0.6) is 0 Å². The smallest absolute Gasteiger partial charge is 0.0678 e. The van der Waals surface area contributed by atoms with Gasteiger partial charge in [0.05, 0.1) is 18.8 Å². The first kappa shape index (κ1) is 13.3. The summed E-state index contributed by atoms with van der Waals surface area (Å²) in [4.78, 5) is 2.55. The number of ether oxygens (including phenoxy) is 1. The molecular weight excluding hydrogens is 216 g/mol. The molecular formula is C13H26N2O2. The third-order valence-electron chi connectivity index (χ3n) is 4.38. The summed E-state index contributed by atoms with van der Waals surface area (Å²) < 4.78 is 5.77. The highest BCUT2D eigenvalue weighted by Gasteiger charge is 2.41. The molecule has 4 heteroatoms. The number of aliphatic hydroxyl groups is 1. The van der Waals surface area contributed by atoms with Crippen molar-refractivity contribution in [2.24, 2.45) is 0 Å². The molecule has 2 N–H and O–H groups in total. The molecule has 0 bridgehead atoms. The number of hydrogen-bond donors (Lipinski definition) is 2. The molecule has 2 aliphatic rings. The van der Waals surface area contributed by atoms with Crippen LogP contribution in [0.25, 0.3) is 0 Å². The maximum atomic E-state index is 9.53. The minimum absolute atomic E-state index is 0.0462. The predicted octanol–water partition coefficient (Wildman–Crippen LogP) is 0.599. The summed E-state index contributed by atoms with van der Waals surface area (Å²) in [5, 5.41) is 12.8.